The van der Waals surface area contributed by atoms with Crippen molar-refractivity contribution in [2.75, 3.05) is 5.75 Å². The number of thioether (sulfide) groups is 2. The number of hydrogen-bond acceptors (Lipinski definition) is 5. The van der Waals surface area contributed by atoms with Gasteiger partial charge in [-0.15, -0.1) is 0 Å². The second-order valence-corrected chi connectivity index (χ2v) is 9.12. The van der Waals surface area contributed by atoms with Crippen molar-refractivity contribution < 1.29 is 20.1 Å². The van der Waals surface area contributed by atoms with Gasteiger partial charge in [-0.05, 0) is 36.1 Å². The fraction of sp³-hybridized carbons (Fsp3) is 0.435. The fourth-order valence-corrected chi connectivity index (χ4v) is 5.01. The zero-order chi connectivity index (χ0) is 21.4. The van der Waals surface area contributed by atoms with Gasteiger partial charge >= 0.3 is 0 Å². The van der Waals surface area contributed by atoms with Crippen molar-refractivity contribution in [2.45, 2.75) is 55.1 Å². The monoisotopic (exact) mass is 436 g/mol. The SMILES string of the molecule is CCC(O)(O)CCC(CCSCc1ccccc1)SCc1ccccc1.O=CO. The van der Waals surface area contributed by atoms with Crippen LogP contribution in [0.2, 0.25) is 0 Å². The minimum atomic E-state index is -1.53. The molecule has 0 aliphatic heterocycles. The van der Waals surface area contributed by atoms with Gasteiger partial charge in [-0.3, -0.25) is 4.79 Å². The van der Waals surface area contributed by atoms with E-state index in [1.165, 1.54) is 11.1 Å². The van der Waals surface area contributed by atoms with Gasteiger partial charge in [0.15, 0.2) is 5.79 Å². The minimum Gasteiger partial charge on any atom is -0.483 e. The first-order chi connectivity index (χ1) is 14.0. The third-order valence-electron chi connectivity index (χ3n) is 4.46. The lowest BCUT2D eigenvalue weighted by Gasteiger charge is -2.23. The Balaban J connectivity index is 0.00000132. The first-order valence-corrected chi connectivity index (χ1v) is 12.0. The molecule has 0 aliphatic carbocycles. The van der Waals surface area contributed by atoms with E-state index in [-0.39, 0.29) is 6.47 Å². The molecule has 1 atom stereocenters. The van der Waals surface area contributed by atoms with Crippen LogP contribution in [0.5, 0.6) is 0 Å². The maximum Gasteiger partial charge on any atom is 0.290 e. The molecule has 3 N–H and O–H groups in total. The molecule has 0 saturated heterocycles. The number of hydrogen-bond donors (Lipinski definition) is 3. The predicted octanol–water partition coefficient (Wildman–Crippen LogP) is 5.18. The molecule has 0 fully saturated rings. The van der Waals surface area contributed by atoms with E-state index < -0.39 is 5.79 Å². The highest BCUT2D eigenvalue weighted by molar-refractivity contribution is 7.99. The van der Waals surface area contributed by atoms with E-state index in [2.05, 4.69) is 48.5 Å². The van der Waals surface area contributed by atoms with Gasteiger partial charge in [0.25, 0.3) is 6.47 Å². The third-order valence-corrected chi connectivity index (χ3v) is 6.96. The predicted molar refractivity (Wildman–Crippen MR) is 124 cm³/mol. The van der Waals surface area contributed by atoms with Crippen molar-refractivity contribution in [3.8, 4) is 0 Å². The molecule has 2 rings (SSSR count). The Morgan fingerprint density at radius 3 is 1.97 bits per heavy atom. The van der Waals surface area contributed by atoms with Crippen LogP contribution in [0.25, 0.3) is 0 Å². The number of aliphatic hydroxyl groups is 2. The summed E-state index contributed by atoms with van der Waals surface area (Å²) in [5, 5.41) is 27.2. The lowest BCUT2D eigenvalue weighted by atomic mass is 10.1. The van der Waals surface area contributed by atoms with Gasteiger partial charge in [0, 0.05) is 23.2 Å². The van der Waals surface area contributed by atoms with E-state index >= 15 is 0 Å². The number of carboxylic acid groups (broad SMARTS) is 1. The molecule has 1 unspecified atom stereocenters. The highest BCUT2D eigenvalue weighted by Gasteiger charge is 2.22. The summed E-state index contributed by atoms with van der Waals surface area (Å²) >= 11 is 3.89. The summed E-state index contributed by atoms with van der Waals surface area (Å²) < 4.78 is 0. The number of carbonyl (C=O) groups is 1. The van der Waals surface area contributed by atoms with Crippen LogP contribution in [0.3, 0.4) is 0 Å². The highest BCUT2D eigenvalue weighted by Crippen LogP contribution is 2.28. The summed E-state index contributed by atoms with van der Waals surface area (Å²) in [6.45, 7) is 1.57. The largest absolute Gasteiger partial charge is 0.483 e. The Hall–Kier alpha value is -1.47. The molecule has 0 bridgehead atoms. The van der Waals surface area contributed by atoms with Crippen molar-refractivity contribution in [1.82, 2.24) is 0 Å². The molecule has 4 nitrogen and oxygen atoms in total. The average molecular weight is 437 g/mol. The van der Waals surface area contributed by atoms with Gasteiger partial charge in [0.2, 0.25) is 0 Å². The molecule has 29 heavy (non-hydrogen) atoms. The first-order valence-electron chi connectivity index (χ1n) is 9.80. The second-order valence-electron chi connectivity index (χ2n) is 6.73. The van der Waals surface area contributed by atoms with Gasteiger partial charge in [-0.1, -0.05) is 67.6 Å². The normalized spacial score (nSPS) is 12.0. The molecule has 0 amide bonds. The maximum atomic E-state index is 9.92. The standard InChI is InChI=1S/C22H30O2S2.CH2O2/c1-2-22(23,24)15-13-21(26-18-20-11-7-4-8-12-20)14-16-25-17-19-9-5-3-6-10-19;2-1-3/h3-12,21,23-24H,2,13-18H2,1H3;1H,(H,2,3). The average Bonchev–Trinajstić information content (AvgIpc) is 2.74. The Morgan fingerprint density at radius 2 is 1.45 bits per heavy atom. The van der Waals surface area contributed by atoms with E-state index in [4.69, 9.17) is 9.90 Å². The molecule has 0 aromatic heterocycles. The molecule has 0 aliphatic rings. The summed E-state index contributed by atoms with van der Waals surface area (Å²) in [5.74, 6) is 1.58. The van der Waals surface area contributed by atoms with Gasteiger partial charge in [-0.25, -0.2) is 0 Å². The van der Waals surface area contributed by atoms with Crippen molar-refractivity contribution in [3.63, 3.8) is 0 Å². The lowest BCUT2D eigenvalue weighted by Crippen LogP contribution is -2.28. The van der Waals surface area contributed by atoms with Gasteiger partial charge in [0.05, 0.1) is 0 Å². The molecular formula is C23H32O4S2. The van der Waals surface area contributed by atoms with Gasteiger partial charge in [-0.2, -0.15) is 23.5 Å². The van der Waals surface area contributed by atoms with E-state index in [0.29, 0.717) is 18.1 Å². The van der Waals surface area contributed by atoms with Crippen LogP contribution in [0.1, 0.15) is 43.7 Å². The summed E-state index contributed by atoms with van der Waals surface area (Å²) in [6.07, 6.45) is 2.75. The Bertz CT molecular complexity index is 650. The fourth-order valence-electron chi connectivity index (χ4n) is 2.65. The maximum absolute atomic E-state index is 9.92. The van der Waals surface area contributed by atoms with Crippen LogP contribution >= 0.6 is 23.5 Å². The number of benzene rings is 2. The summed E-state index contributed by atoms with van der Waals surface area (Å²) in [5.41, 5.74) is 2.69. The lowest BCUT2D eigenvalue weighted by molar-refractivity contribution is -0.167. The van der Waals surface area contributed by atoms with Crippen LogP contribution in [0.4, 0.5) is 0 Å². The molecule has 0 radical (unpaired) electrons. The summed E-state index contributed by atoms with van der Waals surface area (Å²) in [6, 6.07) is 21.1. The topological polar surface area (TPSA) is 77.8 Å². The van der Waals surface area contributed by atoms with Crippen LogP contribution in [-0.2, 0) is 16.3 Å². The quantitative estimate of drug-likeness (QED) is 0.242. The Labute approximate surface area is 182 Å². The van der Waals surface area contributed by atoms with Crippen LogP contribution in [0, 0.1) is 0 Å². The number of rotatable bonds is 12. The van der Waals surface area contributed by atoms with Gasteiger partial charge < -0.3 is 15.3 Å². The smallest absolute Gasteiger partial charge is 0.290 e. The molecule has 0 spiro atoms. The van der Waals surface area contributed by atoms with E-state index in [1.54, 1.807) is 0 Å². The van der Waals surface area contributed by atoms with Crippen molar-refractivity contribution >= 4 is 30.0 Å². The van der Waals surface area contributed by atoms with Crippen molar-refractivity contribution in [1.29, 1.82) is 0 Å². The molecular weight excluding hydrogens is 404 g/mol. The van der Waals surface area contributed by atoms with E-state index in [1.807, 2.05) is 42.6 Å². The molecule has 6 heteroatoms. The Kier molecular flexibility index (Phi) is 13.6. The minimum absolute atomic E-state index is 0.250. The van der Waals surface area contributed by atoms with Crippen LogP contribution in [0.15, 0.2) is 60.7 Å². The Morgan fingerprint density at radius 1 is 0.931 bits per heavy atom. The van der Waals surface area contributed by atoms with Crippen LogP contribution in [-0.4, -0.2) is 38.6 Å². The molecule has 2 aromatic rings. The van der Waals surface area contributed by atoms with Crippen LogP contribution < -0.4 is 0 Å². The van der Waals surface area contributed by atoms with E-state index in [9.17, 15) is 10.2 Å². The summed E-state index contributed by atoms with van der Waals surface area (Å²) in [4.78, 5) is 8.36. The van der Waals surface area contributed by atoms with Gasteiger partial charge in [0.1, 0.15) is 0 Å². The molecule has 2 aromatic carbocycles. The van der Waals surface area contributed by atoms with Crippen molar-refractivity contribution in [2.24, 2.45) is 0 Å². The zero-order valence-corrected chi connectivity index (χ0v) is 18.6. The first kappa shape index (κ1) is 25.6. The molecule has 0 heterocycles. The molecule has 0 saturated carbocycles. The summed E-state index contributed by atoms with van der Waals surface area (Å²) in [7, 11) is 0. The zero-order valence-electron chi connectivity index (χ0n) is 16.9. The van der Waals surface area contributed by atoms with E-state index in [0.717, 1.165) is 30.1 Å². The highest BCUT2D eigenvalue weighted by atomic mass is 32.2. The van der Waals surface area contributed by atoms with Crippen molar-refractivity contribution in [3.05, 3.63) is 71.8 Å². The second kappa shape index (κ2) is 15.4. The molecule has 160 valence electrons. The third kappa shape index (κ3) is 12.6.